The molecule has 15 heavy (non-hydrogen) atoms. The van der Waals surface area contributed by atoms with E-state index in [1.807, 2.05) is 18.2 Å². The van der Waals surface area contributed by atoms with Gasteiger partial charge in [0.15, 0.2) is 0 Å². The number of morpholine rings is 1. The van der Waals surface area contributed by atoms with E-state index in [0.29, 0.717) is 0 Å². The average molecular weight is 207 g/mol. The predicted octanol–water partition coefficient (Wildman–Crippen LogP) is 1.01. The summed E-state index contributed by atoms with van der Waals surface area (Å²) in [4.78, 5) is 2.36. The molecule has 0 atom stereocenters. The van der Waals surface area contributed by atoms with Crippen LogP contribution in [0.25, 0.3) is 0 Å². The molecule has 0 aromatic heterocycles. The zero-order chi connectivity index (χ0) is 10.5. The lowest BCUT2D eigenvalue weighted by Gasteiger charge is -2.27. The second-order valence-corrected chi connectivity index (χ2v) is 3.82. The fourth-order valence-electron chi connectivity index (χ4n) is 1.87. The normalized spacial score (nSPS) is 17.9. The maximum atomic E-state index is 9.20. The molecule has 0 aliphatic carbocycles. The standard InChI is InChI=1S/C12H17NO2/c14-10-12-4-2-1-3-11(12)9-13-5-7-15-8-6-13/h1-4,14H,5-10H2. The SMILES string of the molecule is OCc1ccccc1CN1CCOCC1. The third kappa shape index (κ3) is 2.78. The molecule has 0 spiro atoms. The van der Waals surface area contributed by atoms with Crippen LogP contribution in [0.3, 0.4) is 0 Å². The van der Waals surface area contributed by atoms with Gasteiger partial charge in [0, 0.05) is 19.6 Å². The monoisotopic (exact) mass is 207 g/mol. The smallest absolute Gasteiger partial charge is 0.0685 e. The molecule has 3 nitrogen and oxygen atoms in total. The number of nitrogens with zero attached hydrogens (tertiary/aromatic N) is 1. The summed E-state index contributed by atoms with van der Waals surface area (Å²) < 4.78 is 5.30. The highest BCUT2D eigenvalue weighted by Gasteiger charge is 2.11. The molecule has 0 bridgehead atoms. The first-order valence-electron chi connectivity index (χ1n) is 5.38. The van der Waals surface area contributed by atoms with Gasteiger partial charge >= 0.3 is 0 Å². The van der Waals surface area contributed by atoms with Crippen LogP contribution < -0.4 is 0 Å². The largest absolute Gasteiger partial charge is 0.392 e. The Morgan fingerprint density at radius 3 is 2.47 bits per heavy atom. The number of hydrogen-bond donors (Lipinski definition) is 1. The molecule has 1 saturated heterocycles. The molecule has 2 rings (SSSR count). The van der Waals surface area contributed by atoms with Crippen molar-refractivity contribution in [2.75, 3.05) is 26.3 Å². The molecule has 82 valence electrons. The molecule has 0 amide bonds. The molecule has 3 heteroatoms. The summed E-state index contributed by atoms with van der Waals surface area (Å²) in [6.45, 7) is 4.66. The van der Waals surface area contributed by atoms with Crippen molar-refractivity contribution in [2.24, 2.45) is 0 Å². The van der Waals surface area contributed by atoms with Gasteiger partial charge in [0.1, 0.15) is 0 Å². The van der Waals surface area contributed by atoms with Gasteiger partial charge in [0.25, 0.3) is 0 Å². The van der Waals surface area contributed by atoms with E-state index in [2.05, 4.69) is 11.0 Å². The third-order valence-corrected chi connectivity index (χ3v) is 2.79. The maximum absolute atomic E-state index is 9.20. The van der Waals surface area contributed by atoms with Crippen molar-refractivity contribution >= 4 is 0 Å². The number of ether oxygens (including phenoxy) is 1. The molecule has 0 saturated carbocycles. The molecular weight excluding hydrogens is 190 g/mol. The molecule has 1 aliphatic heterocycles. The van der Waals surface area contributed by atoms with Gasteiger partial charge in [0.05, 0.1) is 19.8 Å². The molecule has 1 heterocycles. The Labute approximate surface area is 90.3 Å². The van der Waals surface area contributed by atoms with E-state index < -0.39 is 0 Å². The summed E-state index contributed by atoms with van der Waals surface area (Å²) in [5.41, 5.74) is 2.26. The van der Waals surface area contributed by atoms with Gasteiger partial charge in [-0.15, -0.1) is 0 Å². The van der Waals surface area contributed by atoms with Crippen molar-refractivity contribution < 1.29 is 9.84 Å². The Hall–Kier alpha value is -0.900. The van der Waals surface area contributed by atoms with Gasteiger partial charge in [-0.2, -0.15) is 0 Å². The van der Waals surface area contributed by atoms with Crippen LogP contribution in [0.1, 0.15) is 11.1 Å². The van der Waals surface area contributed by atoms with E-state index >= 15 is 0 Å². The summed E-state index contributed by atoms with van der Waals surface area (Å²) >= 11 is 0. The van der Waals surface area contributed by atoms with E-state index in [0.717, 1.165) is 38.4 Å². The van der Waals surface area contributed by atoms with Gasteiger partial charge in [-0.1, -0.05) is 24.3 Å². The third-order valence-electron chi connectivity index (χ3n) is 2.79. The van der Waals surface area contributed by atoms with Crippen LogP contribution in [0.4, 0.5) is 0 Å². The van der Waals surface area contributed by atoms with Crippen molar-refractivity contribution in [1.82, 2.24) is 4.90 Å². The topological polar surface area (TPSA) is 32.7 Å². The van der Waals surface area contributed by atoms with Crippen LogP contribution in [-0.2, 0) is 17.9 Å². The van der Waals surface area contributed by atoms with Crippen LogP contribution in [0.5, 0.6) is 0 Å². The number of aliphatic hydroxyl groups excluding tert-OH is 1. The minimum atomic E-state index is 0.126. The number of aliphatic hydroxyl groups is 1. The molecule has 1 aromatic rings. The Morgan fingerprint density at radius 1 is 1.13 bits per heavy atom. The first kappa shape index (κ1) is 10.6. The maximum Gasteiger partial charge on any atom is 0.0685 e. The molecular formula is C12H17NO2. The van der Waals surface area contributed by atoms with E-state index in [9.17, 15) is 5.11 Å². The van der Waals surface area contributed by atoms with E-state index in [4.69, 9.17) is 4.74 Å². The van der Waals surface area contributed by atoms with Gasteiger partial charge in [-0.05, 0) is 11.1 Å². The molecule has 1 fully saturated rings. The van der Waals surface area contributed by atoms with Gasteiger partial charge in [-0.3, -0.25) is 4.90 Å². The Morgan fingerprint density at radius 2 is 1.80 bits per heavy atom. The quantitative estimate of drug-likeness (QED) is 0.803. The summed E-state index contributed by atoms with van der Waals surface area (Å²) in [6.07, 6.45) is 0. The van der Waals surface area contributed by atoms with Crippen LogP contribution in [0, 0.1) is 0 Å². The molecule has 1 aliphatic rings. The van der Waals surface area contributed by atoms with E-state index in [-0.39, 0.29) is 6.61 Å². The van der Waals surface area contributed by atoms with Crippen molar-refractivity contribution in [3.63, 3.8) is 0 Å². The van der Waals surface area contributed by atoms with E-state index in [1.165, 1.54) is 5.56 Å². The summed E-state index contributed by atoms with van der Waals surface area (Å²) in [5.74, 6) is 0. The average Bonchev–Trinajstić information content (AvgIpc) is 2.31. The van der Waals surface area contributed by atoms with E-state index in [1.54, 1.807) is 0 Å². The first-order chi connectivity index (χ1) is 7.40. The number of hydrogen-bond acceptors (Lipinski definition) is 3. The highest BCUT2D eigenvalue weighted by Crippen LogP contribution is 2.12. The Kier molecular flexibility index (Phi) is 3.72. The lowest BCUT2D eigenvalue weighted by atomic mass is 10.1. The lowest BCUT2D eigenvalue weighted by molar-refractivity contribution is 0.0339. The van der Waals surface area contributed by atoms with Crippen LogP contribution >= 0.6 is 0 Å². The van der Waals surface area contributed by atoms with Crippen molar-refractivity contribution in [1.29, 1.82) is 0 Å². The fourth-order valence-corrected chi connectivity index (χ4v) is 1.87. The minimum Gasteiger partial charge on any atom is -0.392 e. The second-order valence-electron chi connectivity index (χ2n) is 3.82. The number of rotatable bonds is 3. The molecule has 1 N–H and O–H groups in total. The van der Waals surface area contributed by atoms with Crippen LogP contribution in [-0.4, -0.2) is 36.3 Å². The van der Waals surface area contributed by atoms with Gasteiger partial charge in [-0.25, -0.2) is 0 Å². The van der Waals surface area contributed by atoms with Crippen molar-refractivity contribution in [3.8, 4) is 0 Å². The van der Waals surface area contributed by atoms with Crippen molar-refractivity contribution in [3.05, 3.63) is 35.4 Å². The number of benzene rings is 1. The van der Waals surface area contributed by atoms with Gasteiger partial charge < -0.3 is 9.84 Å². The zero-order valence-electron chi connectivity index (χ0n) is 8.85. The molecule has 0 unspecified atom stereocenters. The molecule has 0 radical (unpaired) electrons. The van der Waals surface area contributed by atoms with Gasteiger partial charge in [0.2, 0.25) is 0 Å². The second kappa shape index (κ2) is 5.26. The Bertz CT molecular complexity index is 308. The highest BCUT2D eigenvalue weighted by atomic mass is 16.5. The first-order valence-corrected chi connectivity index (χ1v) is 5.38. The minimum absolute atomic E-state index is 0.126. The highest BCUT2D eigenvalue weighted by molar-refractivity contribution is 5.26. The summed E-state index contributed by atoms with van der Waals surface area (Å²) in [7, 11) is 0. The molecule has 1 aromatic carbocycles. The summed E-state index contributed by atoms with van der Waals surface area (Å²) in [6, 6.07) is 8.06. The van der Waals surface area contributed by atoms with Crippen LogP contribution in [0.2, 0.25) is 0 Å². The lowest BCUT2D eigenvalue weighted by Crippen LogP contribution is -2.35. The fraction of sp³-hybridized carbons (Fsp3) is 0.500. The predicted molar refractivity (Wildman–Crippen MR) is 58.5 cm³/mol. The zero-order valence-corrected chi connectivity index (χ0v) is 8.85. The van der Waals surface area contributed by atoms with Crippen LogP contribution in [0.15, 0.2) is 24.3 Å². The Balaban J connectivity index is 2.02. The summed E-state index contributed by atoms with van der Waals surface area (Å²) in [5, 5.41) is 9.20. The van der Waals surface area contributed by atoms with Crippen molar-refractivity contribution in [2.45, 2.75) is 13.2 Å².